The summed E-state index contributed by atoms with van der Waals surface area (Å²) in [7, 11) is 3.42. The molecular weight excluding hydrogens is 276 g/mol. The molecule has 2 N–H and O–H groups in total. The predicted molar refractivity (Wildman–Crippen MR) is 78.7 cm³/mol. The predicted octanol–water partition coefficient (Wildman–Crippen LogP) is 1.01. The number of nitro groups is 1. The van der Waals surface area contributed by atoms with Gasteiger partial charge in [-0.2, -0.15) is 0 Å². The van der Waals surface area contributed by atoms with E-state index in [-0.39, 0.29) is 5.69 Å². The quantitative estimate of drug-likeness (QED) is 0.617. The molecule has 0 bridgehead atoms. The number of nitrogens with one attached hydrogen (secondary N) is 1. The normalized spacial score (nSPS) is 17.3. The van der Waals surface area contributed by atoms with Gasteiger partial charge in [0.2, 0.25) is 0 Å². The minimum atomic E-state index is -0.848. The molecule has 0 amide bonds. The summed E-state index contributed by atoms with van der Waals surface area (Å²) in [5.74, 6) is 0.874. The molecule has 0 aromatic carbocycles. The SMILES string of the molecule is CNc1cc([N+](=O)[O-])cc(N(C)CC2(O)CCOCC2)n1. The molecule has 1 aromatic heterocycles. The van der Waals surface area contributed by atoms with Crippen LogP contribution in [0.1, 0.15) is 12.8 Å². The van der Waals surface area contributed by atoms with E-state index in [9.17, 15) is 15.2 Å². The van der Waals surface area contributed by atoms with Crippen LogP contribution in [-0.2, 0) is 4.74 Å². The molecule has 8 nitrogen and oxygen atoms in total. The van der Waals surface area contributed by atoms with Gasteiger partial charge in [0, 0.05) is 46.7 Å². The highest BCUT2D eigenvalue weighted by molar-refractivity contribution is 5.55. The Kier molecular flexibility index (Phi) is 4.59. The molecular formula is C13H20N4O4. The van der Waals surface area contributed by atoms with Gasteiger partial charge in [-0.05, 0) is 0 Å². The van der Waals surface area contributed by atoms with E-state index < -0.39 is 10.5 Å². The van der Waals surface area contributed by atoms with Gasteiger partial charge in [0.1, 0.15) is 11.6 Å². The van der Waals surface area contributed by atoms with Gasteiger partial charge < -0.3 is 20.1 Å². The van der Waals surface area contributed by atoms with Crippen LogP contribution in [0.25, 0.3) is 0 Å². The van der Waals surface area contributed by atoms with Gasteiger partial charge in [0.15, 0.2) is 0 Å². The van der Waals surface area contributed by atoms with E-state index in [0.29, 0.717) is 44.2 Å². The summed E-state index contributed by atoms with van der Waals surface area (Å²) in [6, 6.07) is 2.78. The van der Waals surface area contributed by atoms with Crippen molar-refractivity contribution >= 4 is 17.3 Å². The van der Waals surface area contributed by atoms with Gasteiger partial charge in [0.05, 0.1) is 22.7 Å². The summed E-state index contributed by atoms with van der Waals surface area (Å²) in [4.78, 5) is 16.5. The third kappa shape index (κ3) is 3.79. The molecule has 1 aliphatic heterocycles. The number of anilines is 2. The Labute approximate surface area is 122 Å². The number of aromatic nitrogens is 1. The smallest absolute Gasteiger partial charge is 0.276 e. The Morgan fingerprint density at radius 3 is 2.76 bits per heavy atom. The van der Waals surface area contributed by atoms with Crippen molar-refractivity contribution in [1.82, 2.24) is 4.98 Å². The number of hydrogen-bond donors (Lipinski definition) is 2. The molecule has 1 saturated heterocycles. The molecule has 0 aliphatic carbocycles. The first-order chi connectivity index (χ1) is 9.93. The maximum atomic E-state index is 11.0. The van der Waals surface area contributed by atoms with Crippen molar-refractivity contribution in [1.29, 1.82) is 0 Å². The highest BCUT2D eigenvalue weighted by Gasteiger charge is 2.31. The standard InChI is InChI=1S/C13H20N4O4/c1-14-11-7-10(17(19)20)8-12(15-11)16(2)9-13(18)3-5-21-6-4-13/h7-8,18H,3-6,9H2,1-2H3,(H,14,15). The van der Waals surface area contributed by atoms with Gasteiger partial charge in [-0.25, -0.2) is 4.98 Å². The van der Waals surface area contributed by atoms with Crippen LogP contribution < -0.4 is 10.2 Å². The lowest BCUT2D eigenvalue weighted by Crippen LogP contribution is -2.46. The lowest BCUT2D eigenvalue weighted by molar-refractivity contribution is -0.384. The van der Waals surface area contributed by atoms with E-state index in [2.05, 4.69) is 10.3 Å². The van der Waals surface area contributed by atoms with Crippen LogP contribution in [0.15, 0.2) is 12.1 Å². The highest BCUT2D eigenvalue weighted by Crippen LogP contribution is 2.26. The molecule has 0 saturated carbocycles. The minimum Gasteiger partial charge on any atom is -0.388 e. The zero-order valence-corrected chi connectivity index (χ0v) is 12.2. The fraction of sp³-hybridized carbons (Fsp3) is 0.615. The van der Waals surface area contributed by atoms with E-state index in [1.165, 1.54) is 12.1 Å². The lowest BCUT2D eigenvalue weighted by atomic mass is 9.94. The summed E-state index contributed by atoms with van der Waals surface area (Å²) in [6.45, 7) is 1.40. The summed E-state index contributed by atoms with van der Waals surface area (Å²) in [5.41, 5.74) is -0.880. The summed E-state index contributed by atoms with van der Waals surface area (Å²) in [6.07, 6.45) is 1.09. The second-order valence-electron chi connectivity index (χ2n) is 5.27. The molecule has 2 rings (SSSR count). The maximum absolute atomic E-state index is 11.0. The Balaban J connectivity index is 2.19. The van der Waals surface area contributed by atoms with Crippen LogP contribution in [0.2, 0.25) is 0 Å². The molecule has 1 aromatic rings. The van der Waals surface area contributed by atoms with Crippen molar-refractivity contribution in [2.45, 2.75) is 18.4 Å². The Bertz CT molecular complexity index is 517. The molecule has 0 atom stereocenters. The molecule has 2 heterocycles. The first-order valence-corrected chi connectivity index (χ1v) is 6.79. The second kappa shape index (κ2) is 6.23. The van der Waals surface area contributed by atoms with Gasteiger partial charge in [-0.15, -0.1) is 0 Å². The van der Waals surface area contributed by atoms with Crippen LogP contribution in [0, 0.1) is 10.1 Å². The van der Waals surface area contributed by atoms with Gasteiger partial charge >= 0.3 is 0 Å². The maximum Gasteiger partial charge on any atom is 0.276 e. The number of rotatable bonds is 5. The summed E-state index contributed by atoms with van der Waals surface area (Å²) < 4.78 is 5.25. The summed E-state index contributed by atoms with van der Waals surface area (Å²) in [5, 5.41) is 24.3. The zero-order valence-electron chi connectivity index (χ0n) is 12.2. The number of ether oxygens (including phenoxy) is 1. The second-order valence-corrected chi connectivity index (χ2v) is 5.27. The number of likely N-dealkylation sites (N-methyl/N-ethyl adjacent to an activating group) is 1. The average molecular weight is 296 g/mol. The monoisotopic (exact) mass is 296 g/mol. The summed E-state index contributed by atoms with van der Waals surface area (Å²) >= 11 is 0. The topological polar surface area (TPSA) is 101 Å². The van der Waals surface area contributed by atoms with Crippen molar-refractivity contribution in [3.8, 4) is 0 Å². The van der Waals surface area contributed by atoms with Crippen molar-refractivity contribution < 1.29 is 14.8 Å². The van der Waals surface area contributed by atoms with E-state index in [4.69, 9.17) is 4.74 Å². The van der Waals surface area contributed by atoms with Crippen LogP contribution in [0.4, 0.5) is 17.3 Å². The van der Waals surface area contributed by atoms with Gasteiger partial charge in [-0.3, -0.25) is 10.1 Å². The van der Waals surface area contributed by atoms with Crippen LogP contribution >= 0.6 is 0 Å². The molecule has 0 unspecified atom stereocenters. The number of nitrogens with zero attached hydrogens (tertiary/aromatic N) is 3. The van der Waals surface area contributed by atoms with Crippen LogP contribution in [0.5, 0.6) is 0 Å². The van der Waals surface area contributed by atoms with Crippen molar-refractivity contribution in [2.75, 3.05) is 44.1 Å². The highest BCUT2D eigenvalue weighted by atomic mass is 16.6. The lowest BCUT2D eigenvalue weighted by Gasteiger charge is -2.35. The van der Waals surface area contributed by atoms with Crippen molar-refractivity contribution in [3.63, 3.8) is 0 Å². The van der Waals surface area contributed by atoms with Crippen molar-refractivity contribution in [3.05, 3.63) is 22.2 Å². The van der Waals surface area contributed by atoms with Crippen LogP contribution in [-0.4, -0.2) is 54.5 Å². The largest absolute Gasteiger partial charge is 0.388 e. The minimum absolute atomic E-state index is 0.0323. The van der Waals surface area contributed by atoms with E-state index in [0.717, 1.165) is 0 Å². The molecule has 21 heavy (non-hydrogen) atoms. The third-order valence-corrected chi connectivity index (χ3v) is 3.61. The molecule has 0 spiro atoms. The third-order valence-electron chi connectivity index (χ3n) is 3.61. The first kappa shape index (κ1) is 15.5. The molecule has 1 fully saturated rings. The fourth-order valence-electron chi connectivity index (χ4n) is 2.36. The molecule has 116 valence electrons. The zero-order chi connectivity index (χ0) is 15.5. The van der Waals surface area contributed by atoms with E-state index in [1.54, 1.807) is 19.0 Å². The Morgan fingerprint density at radius 1 is 1.52 bits per heavy atom. The average Bonchev–Trinajstić information content (AvgIpc) is 2.46. The first-order valence-electron chi connectivity index (χ1n) is 6.79. The molecule has 8 heteroatoms. The Hall–Kier alpha value is -1.93. The van der Waals surface area contributed by atoms with Crippen LogP contribution in [0.3, 0.4) is 0 Å². The Morgan fingerprint density at radius 2 is 2.19 bits per heavy atom. The number of pyridine rings is 1. The number of aliphatic hydroxyl groups is 1. The van der Waals surface area contributed by atoms with Crippen molar-refractivity contribution in [2.24, 2.45) is 0 Å². The molecule has 1 aliphatic rings. The molecule has 0 radical (unpaired) electrons. The fourth-order valence-corrected chi connectivity index (χ4v) is 2.36. The van der Waals surface area contributed by atoms with E-state index >= 15 is 0 Å². The van der Waals surface area contributed by atoms with Gasteiger partial charge in [0.25, 0.3) is 5.69 Å². The number of hydrogen-bond acceptors (Lipinski definition) is 7. The van der Waals surface area contributed by atoms with Gasteiger partial charge in [-0.1, -0.05) is 0 Å². The van der Waals surface area contributed by atoms with E-state index in [1.807, 2.05) is 0 Å².